The number of hydrogen-bond acceptors (Lipinski definition) is 2. The lowest BCUT2D eigenvalue weighted by Crippen LogP contribution is -2.16. The van der Waals surface area contributed by atoms with E-state index in [1.807, 2.05) is 0 Å². The van der Waals surface area contributed by atoms with Crippen LogP contribution in [0, 0.1) is 6.92 Å². The molecular weight excluding hydrogens is 301 g/mol. The summed E-state index contributed by atoms with van der Waals surface area (Å²) in [7, 11) is 0. The molecule has 0 saturated heterocycles. The molecule has 0 spiro atoms. The molecule has 92 valence electrons. The lowest BCUT2D eigenvalue weighted by molar-refractivity contribution is -0.137. The van der Waals surface area contributed by atoms with Crippen LogP contribution in [0.4, 0.5) is 13.2 Å². The first kappa shape index (κ1) is 13.9. The number of aldehydes is 1. The molecule has 0 N–H and O–H groups in total. The molecule has 1 aromatic rings. The van der Waals surface area contributed by atoms with Gasteiger partial charge in [-0.25, -0.2) is 0 Å². The zero-order valence-electron chi connectivity index (χ0n) is 8.77. The number of ketones is 1. The molecule has 0 aliphatic carbocycles. The lowest BCUT2D eigenvalue weighted by atomic mass is 9.96. The van der Waals surface area contributed by atoms with Crippen molar-refractivity contribution in [3.63, 3.8) is 0 Å². The first-order valence-electron chi connectivity index (χ1n) is 4.57. The lowest BCUT2D eigenvalue weighted by Gasteiger charge is -2.14. The summed E-state index contributed by atoms with van der Waals surface area (Å²) in [6.45, 7) is 1.37. The van der Waals surface area contributed by atoms with Crippen LogP contribution in [0.25, 0.3) is 0 Å². The second-order valence-corrected chi connectivity index (χ2v) is 3.99. The number of halogens is 4. The Kier molecular flexibility index (Phi) is 4.08. The molecule has 0 aliphatic heterocycles. The zero-order valence-corrected chi connectivity index (χ0v) is 10.4. The van der Waals surface area contributed by atoms with E-state index in [0.29, 0.717) is 12.4 Å². The molecule has 0 radical (unpaired) electrons. The maximum absolute atomic E-state index is 12.8. The van der Waals surface area contributed by atoms with Gasteiger partial charge < -0.3 is 0 Å². The second-order valence-electron chi connectivity index (χ2n) is 3.43. The van der Waals surface area contributed by atoms with E-state index in [1.165, 1.54) is 13.0 Å². The number of hydrogen-bond donors (Lipinski definition) is 0. The van der Waals surface area contributed by atoms with E-state index in [0.717, 1.165) is 0 Å². The average Bonchev–Trinajstić information content (AvgIpc) is 2.25. The molecule has 0 saturated carbocycles. The first-order valence-corrected chi connectivity index (χ1v) is 5.69. The summed E-state index contributed by atoms with van der Waals surface area (Å²) < 4.78 is 38.3. The molecule has 0 bridgehead atoms. The molecule has 0 atom stereocenters. The molecule has 0 amide bonds. The average molecular weight is 309 g/mol. The Balaban J connectivity index is 3.57. The molecule has 17 heavy (non-hydrogen) atoms. The Morgan fingerprint density at radius 3 is 2.41 bits per heavy atom. The van der Waals surface area contributed by atoms with Crippen molar-refractivity contribution in [1.29, 1.82) is 0 Å². The summed E-state index contributed by atoms with van der Waals surface area (Å²) in [5, 5.41) is -0.197. The van der Waals surface area contributed by atoms with E-state index >= 15 is 0 Å². The summed E-state index contributed by atoms with van der Waals surface area (Å²) in [6, 6.07) is 1.95. The van der Waals surface area contributed by atoms with Gasteiger partial charge in [-0.05, 0) is 24.6 Å². The van der Waals surface area contributed by atoms with Crippen molar-refractivity contribution in [2.24, 2.45) is 0 Å². The largest absolute Gasteiger partial charge is 0.417 e. The number of Topliss-reactive ketones (excluding diaryl/α,β-unsaturated/α-hetero) is 1. The van der Waals surface area contributed by atoms with Crippen LogP contribution in [0.2, 0.25) is 0 Å². The third-order valence-electron chi connectivity index (χ3n) is 2.20. The van der Waals surface area contributed by atoms with Crippen molar-refractivity contribution in [3.8, 4) is 0 Å². The minimum absolute atomic E-state index is 0.0963. The molecule has 0 heterocycles. The smallest absolute Gasteiger partial charge is 0.298 e. The topological polar surface area (TPSA) is 34.1 Å². The monoisotopic (exact) mass is 308 g/mol. The van der Waals surface area contributed by atoms with Crippen LogP contribution in [0.1, 0.15) is 31.8 Å². The second kappa shape index (κ2) is 5.00. The fraction of sp³-hybridized carbons (Fsp3) is 0.273. The molecule has 1 aromatic carbocycles. The van der Waals surface area contributed by atoms with Crippen molar-refractivity contribution in [2.45, 2.75) is 13.1 Å². The van der Waals surface area contributed by atoms with Crippen molar-refractivity contribution in [2.75, 3.05) is 5.33 Å². The van der Waals surface area contributed by atoms with Crippen LogP contribution in [-0.2, 0) is 6.18 Å². The quantitative estimate of drug-likeness (QED) is 0.487. The number of carbonyl (C=O) groups is 2. The van der Waals surface area contributed by atoms with Gasteiger partial charge in [0.25, 0.3) is 0 Å². The summed E-state index contributed by atoms with van der Waals surface area (Å²) >= 11 is 2.84. The Bertz CT molecular complexity index is 467. The van der Waals surface area contributed by atoms with Gasteiger partial charge in [0.1, 0.15) is 6.29 Å². The van der Waals surface area contributed by atoms with E-state index < -0.39 is 17.5 Å². The number of rotatable bonds is 3. The summed E-state index contributed by atoms with van der Waals surface area (Å²) in [5.41, 5.74) is -1.41. The minimum atomic E-state index is -4.66. The van der Waals surface area contributed by atoms with E-state index in [9.17, 15) is 22.8 Å². The maximum atomic E-state index is 12.8. The highest BCUT2D eigenvalue weighted by Gasteiger charge is 2.36. The summed E-state index contributed by atoms with van der Waals surface area (Å²) in [5.74, 6) is -0.660. The highest BCUT2D eigenvalue weighted by molar-refractivity contribution is 9.09. The number of benzene rings is 1. The minimum Gasteiger partial charge on any atom is -0.298 e. The summed E-state index contributed by atoms with van der Waals surface area (Å²) in [4.78, 5) is 22.0. The van der Waals surface area contributed by atoms with Crippen molar-refractivity contribution in [1.82, 2.24) is 0 Å². The SMILES string of the molecule is Cc1cc(C=O)cc(C(F)(F)F)c1C(=O)CBr. The van der Waals surface area contributed by atoms with Crippen molar-refractivity contribution >= 4 is 28.0 Å². The third-order valence-corrected chi connectivity index (χ3v) is 2.71. The Hall–Kier alpha value is -1.17. The van der Waals surface area contributed by atoms with Crippen LogP contribution in [0.3, 0.4) is 0 Å². The molecule has 0 unspecified atom stereocenters. The van der Waals surface area contributed by atoms with Gasteiger partial charge in [0, 0.05) is 11.1 Å². The number of carbonyl (C=O) groups excluding carboxylic acids is 2. The van der Waals surface area contributed by atoms with Crippen LogP contribution < -0.4 is 0 Å². The standard InChI is InChI=1S/C11H8BrF3O2/c1-6-2-7(5-16)3-8(11(13,14)15)10(6)9(17)4-12/h2-3,5H,4H2,1H3. The number of alkyl halides is 4. The molecule has 6 heteroatoms. The van der Waals surface area contributed by atoms with Gasteiger partial charge >= 0.3 is 6.18 Å². The fourth-order valence-corrected chi connectivity index (χ4v) is 1.82. The van der Waals surface area contributed by atoms with E-state index in [4.69, 9.17) is 0 Å². The van der Waals surface area contributed by atoms with Gasteiger partial charge in [0.15, 0.2) is 5.78 Å². The normalized spacial score (nSPS) is 11.4. The zero-order chi connectivity index (χ0) is 13.2. The third kappa shape index (κ3) is 2.94. The molecule has 0 fully saturated rings. The molecule has 2 nitrogen and oxygen atoms in total. The molecular formula is C11H8BrF3O2. The highest BCUT2D eigenvalue weighted by atomic mass is 79.9. The highest BCUT2D eigenvalue weighted by Crippen LogP contribution is 2.34. The summed E-state index contributed by atoms with van der Waals surface area (Å²) in [6.07, 6.45) is -4.33. The van der Waals surface area contributed by atoms with E-state index in [2.05, 4.69) is 15.9 Å². The van der Waals surface area contributed by atoms with E-state index in [1.54, 1.807) is 0 Å². The van der Waals surface area contributed by atoms with Crippen LogP contribution >= 0.6 is 15.9 Å². The van der Waals surface area contributed by atoms with Crippen molar-refractivity contribution in [3.05, 3.63) is 34.4 Å². The molecule has 0 aromatic heterocycles. The van der Waals surface area contributed by atoms with Crippen LogP contribution in [-0.4, -0.2) is 17.4 Å². The predicted molar refractivity (Wildman–Crippen MR) is 59.7 cm³/mol. The van der Waals surface area contributed by atoms with Gasteiger partial charge in [-0.2, -0.15) is 13.2 Å². The van der Waals surface area contributed by atoms with Crippen LogP contribution in [0.15, 0.2) is 12.1 Å². The van der Waals surface area contributed by atoms with Gasteiger partial charge in [0.2, 0.25) is 0 Å². The fourth-order valence-electron chi connectivity index (χ4n) is 1.54. The molecule has 0 aliphatic rings. The Morgan fingerprint density at radius 1 is 1.41 bits per heavy atom. The van der Waals surface area contributed by atoms with Gasteiger partial charge in [-0.3, -0.25) is 9.59 Å². The van der Waals surface area contributed by atoms with Gasteiger partial charge in [-0.15, -0.1) is 0 Å². The number of aryl methyl sites for hydroxylation is 1. The van der Waals surface area contributed by atoms with E-state index in [-0.39, 0.29) is 22.0 Å². The van der Waals surface area contributed by atoms with Gasteiger partial charge in [-0.1, -0.05) is 15.9 Å². The van der Waals surface area contributed by atoms with Crippen molar-refractivity contribution < 1.29 is 22.8 Å². The van der Waals surface area contributed by atoms with Gasteiger partial charge in [0.05, 0.1) is 10.9 Å². The first-order chi connectivity index (χ1) is 7.81. The maximum Gasteiger partial charge on any atom is 0.417 e. The molecule has 1 rings (SSSR count). The Morgan fingerprint density at radius 2 is 2.00 bits per heavy atom. The Labute approximate surface area is 104 Å². The predicted octanol–water partition coefficient (Wildman–Crippen LogP) is 3.40. The van der Waals surface area contributed by atoms with Crippen LogP contribution in [0.5, 0.6) is 0 Å².